The Morgan fingerprint density at radius 3 is 2.45 bits per heavy atom. The quantitative estimate of drug-likeness (QED) is 0.230. The van der Waals surface area contributed by atoms with Crippen LogP contribution in [0.15, 0.2) is 90.0 Å². The van der Waals surface area contributed by atoms with Gasteiger partial charge in [0.05, 0.1) is 23.8 Å². The zero-order valence-electron chi connectivity index (χ0n) is 25.5. The number of benzene rings is 2. The van der Waals surface area contributed by atoms with Gasteiger partial charge in [-0.15, -0.1) is 0 Å². The van der Waals surface area contributed by atoms with Gasteiger partial charge in [-0.1, -0.05) is 51.1 Å². The summed E-state index contributed by atoms with van der Waals surface area (Å²) in [6.07, 6.45) is 2.73. The van der Waals surface area contributed by atoms with Gasteiger partial charge in [0.25, 0.3) is 0 Å². The highest BCUT2D eigenvalue weighted by atomic mass is 16.4. The minimum atomic E-state index is -0.866. The molecule has 6 rings (SSSR count). The van der Waals surface area contributed by atoms with E-state index in [9.17, 15) is 14.7 Å². The van der Waals surface area contributed by atoms with Gasteiger partial charge in [0.2, 0.25) is 0 Å². The van der Waals surface area contributed by atoms with Crippen LogP contribution in [-0.2, 0) is 6.54 Å². The Kier molecular flexibility index (Phi) is 7.67. The summed E-state index contributed by atoms with van der Waals surface area (Å²) in [4.78, 5) is 38.7. The molecule has 5 aromatic rings. The van der Waals surface area contributed by atoms with Crippen molar-refractivity contribution in [3.05, 3.63) is 107 Å². The Balaban J connectivity index is 1.28. The lowest BCUT2D eigenvalue weighted by Crippen LogP contribution is -2.59. The van der Waals surface area contributed by atoms with Crippen molar-refractivity contribution < 1.29 is 9.90 Å². The Morgan fingerprint density at radius 2 is 1.73 bits per heavy atom. The molecule has 0 aliphatic carbocycles. The number of pyridine rings is 2. The molecule has 2 N–H and O–H groups in total. The number of nitrogens with zero attached hydrogens (tertiary/aromatic N) is 4. The fraction of sp³-hybridized carbons (Fsp3) is 0.278. The van der Waals surface area contributed by atoms with Crippen LogP contribution in [0.4, 0.5) is 16.2 Å². The number of nitrogens with one attached hydrogen (secondary N) is 1. The molecule has 0 bridgehead atoms. The number of piperazine rings is 1. The lowest BCUT2D eigenvalue weighted by atomic mass is 9.84. The van der Waals surface area contributed by atoms with Crippen molar-refractivity contribution in [1.29, 1.82) is 0 Å². The van der Waals surface area contributed by atoms with E-state index >= 15 is 0 Å². The van der Waals surface area contributed by atoms with Crippen LogP contribution in [0.5, 0.6) is 0 Å². The summed E-state index contributed by atoms with van der Waals surface area (Å²) in [5.41, 5.74) is 6.22. The predicted octanol–water partition coefficient (Wildman–Crippen LogP) is 6.95. The van der Waals surface area contributed by atoms with Gasteiger partial charge in [-0.3, -0.25) is 14.8 Å². The molecule has 3 aromatic carbocycles. The number of anilines is 2. The topological polar surface area (TPSA) is 98.7 Å². The van der Waals surface area contributed by atoms with Crippen LogP contribution in [0, 0.1) is 12.3 Å². The van der Waals surface area contributed by atoms with Gasteiger partial charge in [0, 0.05) is 59.7 Å². The fourth-order valence-electron chi connectivity index (χ4n) is 6.01. The molecule has 1 fully saturated rings. The molecule has 0 radical (unpaired) electrons. The maximum atomic E-state index is 13.9. The minimum Gasteiger partial charge on any atom is -0.465 e. The predicted molar refractivity (Wildman–Crippen MR) is 177 cm³/mol. The van der Waals surface area contributed by atoms with Gasteiger partial charge < -0.3 is 20.2 Å². The molecule has 1 atom stereocenters. The smallest absolute Gasteiger partial charge is 0.407 e. The molecule has 1 aliphatic rings. The van der Waals surface area contributed by atoms with Crippen molar-refractivity contribution in [3.63, 3.8) is 0 Å². The lowest BCUT2D eigenvalue weighted by molar-refractivity contribution is 0.0748. The third kappa shape index (κ3) is 5.80. The van der Waals surface area contributed by atoms with E-state index in [1.54, 1.807) is 11.1 Å². The minimum absolute atomic E-state index is 0.0619. The number of aromatic nitrogens is 2. The second kappa shape index (κ2) is 11.6. The number of hydrogen-bond donors (Lipinski definition) is 2. The summed E-state index contributed by atoms with van der Waals surface area (Å²) in [5.74, 6) is 0. The zero-order valence-corrected chi connectivity index (χ0v) is 25.5. The Labute approximate surface area is 257 Å². The highest BCUT2D eigenvalue weighted by Gasteiger charge is 2.38. The average Bonchev–Trinajstić information content (AvgIpc) is 3.15. The first-order chi connectivity index (χ1) is 21.1. The van der Waals surface area contributed by atoms with Gasteiger partial charge in [-0.25, -0.2) is 4.79 Å². The summed E-state index contributed by atoms with van der Waals surface area (Å²) in [5, 5.41) is 15.2. The SMILES string of the molecule is Cc1cccnc1CNc1ccc2ccc3ncc(-c4ccc(N5CCN(C(=O)O)C(C(C)(C)C)C5)cc4)cc3c(=O)c2c1. The number of carbonyl (C=O) groups is 1. The normalized spacial score (nSPS) is 15.5. The van der Waals surface area contributed by atoms with Gasteiger partial charge in [0.15, 0.2) is 5.43 Å². The van der Waals surface area contributed by atoms with Gasteiger partial charge in [-0.2, -0.15) is 0 Å². The Bertz CT molecular complexity index is 1920. The van der Waals surface area contributed by atoms with Crippen LogP contribution in [0.2, 0.25) is 0 Å². The first-order valence-electron chi connectivity index (χ1n) is 14.9. The van der Waals surface area contributed by atoms with Crippen LogP contribution >= 0.6 is 0 Å². The number of amides is 1. The van der Waals surface area contributed by atoms with E-state index in [4.69, 9.17) is 0 Å². The second-order valence-corrected chi connectivity index (χ2v) is 12.6. The molecule has 0 saturated carbocycles. The number of rotatable bonds is 5. The van der Waals surface area contributed by atoms with Crippen LogP contribution in [0.25, 0.3) is 32.8 Å². The first kappa shape index (κ1) is 29.1. The molecular weight excluding hydrogens is 550 g/mol. The van der Waals surface area contributed by atoms with Crippen molar-refractivity contribution in [1.82, 2.24) is 14.9 Å². The summed E-state index contributed by atoms with van der Waals surface area (Å²) in [6, 6.07) is 23.7. The van der Waals surface area contributed by atoms with Gasteiger partial charge in [-0.05, 0) is 71.3 Å². The molecule has 1 saturated heterocycles. The second-order valence-electron chi connectivity index (χ2n) is 12.6. The van der Waals surface area contributed by atoms with Crippen molar-refractivity contribution in [3.8, 4) is 11.1 Å². The van der Waals surface area contributed by atoms with E-state index < -0.39 is 6.09 Å². The molecular formula is C36H37N5O3. The summed E-state index contributed by atoms with van der Waals surface area (Å²) in [7, 11) is 0. The van der Waals surface area contributed by atoms with Crippen molar-refractivity contribution in [2.45, 2.75) is 40.3 Å². The fourth-order valence-corrected chi connectivity index (χ4v) is 6.01. The van der Waals surface area contributed by atoms with Crippen molar-refractivity contribution in [2.75, 3.05) is 29.9 Å². The number of fused-ring (bicyclic) bond motifs is 2. The summed E-state index contributed by atoms with van der Waals surface area (Å²) < 4.78 is 0. The van der Waals surface area contributed by atoms with Crippen molar-refractivity contribution in [2.24, 2.45) is 5.41 Å². The largest absolute Gasteiger partial charge is 0.465 e. The van der Waals surface area contributed by atoms with Crippen LogP contribution < -0.4 is 15.6 Å². The average molecular weight is 588 g/mol. The molecule has 8 nitrogen and oxygen atoms in total. The van der Waals surface area contributed by atoms with E-state index in [-0.39, 0.29) is 16.9 Å². The first-order valence-corrected chi connectivity index (χ1v) is 14.9. The van der Waals surface area contributed by atoms with Crippen LogP contribution in [0.1, 0.15) is 32.0 Å². The Hall–Kier alpha value is -4.98. The van der Waals surface area contributed by atoms with Gasteiger partial charge >= 0.3 is 6.09 Å². The standard InChI is InChI=1S/C36H37N5O3/c1-23-6-5-15-37-32(23)21-38-27-11-7-25-10-14-31-30(34(42)29(25)19-27)18-26(20-39-31)24-8-12-28(13-9-24)40-16-17-41(35(43)44)33(22-40)36(2,3)4/h5-15,18-20,33,38H,16-17,21-22H2,1-4H3,(H,43,44). The molecule has 224 valence electrons. The van der Waals surface area contributed by atoms with Crippen molar-refractivity contribution >= 4 is 39.1 Å². The molecule has 0 spiro atoms. The van der Waals surface area contributed by atoms with Crippen LogP contribution in [0.3, 0.4) is 0 Å². The van der Waals surface area contributed by atoms with Crippen LogP contribution in [-0.4, -0.2) is 51.7 Å². The highest BCUT2D eigenvalue weighted by molar-refractivity contribution is 5.94. The maximum absolute atomic E-state index is 13.9. The molecule has 1 unspecified atom stereocenters. The highest BCUT2D eigenvalue weighted by Crippen LogP contribution is 2.31. The third-order valence-corrected chi connectivity index (χ3v) is 8.65. The summed E-state index contributed by atoms with van der Waals surface area (Å²) >= 11 is 0. The van der Waals surface area contributed by atoms with E-state index in [2.05, 4.69) is 53.1 Å². The molecule has 8 heteroatoms. The monoisotopic (exact) mass is 587 g/mol. The molecule has 2 aromatic heterocycles. The van der Waals surface area contributed by atoms with E-state index in [0.717, 1.165) is 39.1 Å². The van der Waals surface area contributed by atoms with E-state index in [1.165, 1.54) is 0 Å². The maximum Gasteiger partial charge on any atom is 0.407 e. The number of aryl methyl sites for hydroxylation is 1. The molecule has 44 heavy (non-hydrogen) atoms. The number of carboxylic acid groups (broad SMARTS) is 1. The zero-order chi connectivity index (χ0) is 31.0. The number of hydrogen-bond acceptors (Lipinski definition) is 6. The molecule has 3 heterocycles. The van der Waals surface area contributed by atoms with E-state index in [1.807, 2.05) is 73.8 Å². The van der Waals surface area contributed by atoms with E-state index in [0.29, 0.717) is 42.5 Å². The molecule has 1 amide bonds. The lowest BCUT2D eigenvalue weighted by Gasteiger charge is -2.46. The third-order valence-electron chi connectivity index (χ3n) is 8.65. The Morgan fingerprint density at radius 1 is 0.955 bits per heavy atom. The summed E-state index contributed by atoms with van der Waals surface area (Å²) in [6.45, 7) is 10.6. The molecule has 1 aliphatic heterocycles. The van der Waals surface area contributed by atoms with Gasteiger partial charge in [0.1, 0.15) is 0 Å².